The van der Waals surface area contributed by atoms with E-state index in [4.69, 9.17) is 44.0 Å². The molecule has 1 aromatic heterocycles. The highest BCUT2D eigenvalue weighted by Crippen LogP contribution is 2.37. The van der Waals surface area contributed by atoms with Gasteiger partial charge in [-0.2, -0.15) is 23.4 Å². The van der Waals surface area contributed by atoms with Gasteiger partial charge in [-0.1, -0.05) is 34.8 Å². The molecule has 0 bridgehead atoms. The van der Waals surface area contributed by atoms with Gasteiger partial charge in [0.2, 0.25) is 17.5 Å². The topological polar surface area (TPSA) is 74.3 Å². The first-order valence-electron chi connectivity index (χ1n) is 8.23. The van der Waals surface area contributed by atoms with Gasteiger partial charge in [0.05, 0.1) is 35.4 Å². The Bertz CT molecular complexity index is 884. The molecule has 0 aliphatic carbocycles. The molecule has 0 radical (unpaired) electrons. The quantitative estimate of drug-likeness (QED) is 0.405. The second kappa shape index (κ2) is 10.4. The summed E-state index contributed by atoms with van der Waals surface area (Å²) in [5, 5.41) is 12.8. The summed E-state index contributed by atoms with van der Waals surface area (Å²) in [7, 11) is 1.36. The minimum absolute atomic E-state index is 0.00271. The summed E-state index contributed by atoms with van der Waals surface area (Å²) < 4.78 is 47.5. The summed E-state index contributed by atoms with van der Waals surface area (Å²) in [5.74, 6) is 0.167. The van der Waals surface area contributed by atoms with Crippen LogP contribution < -0.4 is 5.32 Å². The number of nitrogens with one attached hydrogen (secondary N) is 1. The highest BCUT2D eigenvalue weighted by molar-refractivity contribution is 6.44. The maximum absolute atomic E-state index is 12.2. The lowest BCUT2D eigenvalue weighted by atomic mass is 10.2. The van der Waals surface area contributed by atoms with Gasteiger partial charge in [0.25, 0.3) is 0 Å². The summed E-state index contributed by atoms with van der Waals surface area (Å²) in [6.45, 7) is -0.320. The summed E-state index contributed by atoms with van der Waals surface area (Å²) in [6, 6.07) is 4.86. The van der Waals surface area contributed by atoms with Gasteiger partial charge in [0.1, 0.15) is 6.07 Å². The Morgan fingerprint density at radius 3 is 2.66 bits per heavy atom. The van der Waals surface area contributed by atoms with E-state index in [0.717, 1.165) is 4.90 Å². The number of halogens is 6. The number of rotatable bonds is 9. The van der Waals surface area contributed by atoms with Crippen LogP contribution in [0.5, 0.6) is 0 Å². The lowest BCUT2D eigenvalue weighted by Gasteiger charge is -2.18. The molecule has 0 spiro atoms. The first-order chi connectivity index (χ1) is 13.6. The summed E-state index contributed by atoms with van der Waals surface area (Å²) >= 11 is 18.1. The van der Waals surface area contributed by atoms with E-state index >= 15 is 0 Å². The summed E-state index contributed by atoms with van der Waals surface area (Å²) in [5.41, 5.74) is 0.328. The van der Waals surface area contributed by atoms with Crippen LogP contribution in [0.4, 0.5) is 19.1 Å². The van der Waals surface area contributed by atoms with E-state index in [1.165, 1.54) is 19.2 Å². The van der Waals surface area contributed by atoms with Crippen LogP contribution in [0.3, 0.4) is 0 Å². The molecule has 1 N–H and O–H groups in total. The summed E-state index contributed by atoms with van der Waals surface area (Å²) in [6.07, 6.45) is -4.25. The molecule has 12 heteroatoms. The van der Waals surface area contributed by atoms with E-state index in [9.17, 15) is 18.4 Å². The van der Waals surface area contributed by atoms with E-state index in [0.29, 0.717) is 10.6 Å². The number of nitriles is 1. The molecule has 0 atom stereocenters. The number of anilines is 1. The van der Waals surface area contributed by atoms with Crippen molar-refractivity contribution in [2.24, 2.45) is 0 Å². The third kappa shape index (κ3) is 7.24. The van der Waals surface area contributed by atoms with Crippen molar-refractivity contribution >= 4 is 40.7 Å². The van der Waals surface area contributed by atoms with Gasteiger partial charge in [-0.15, -0.1) is 0 Å². The zero-order valence-corrected chi connectivity index (χ0v) is 17.4. The molecule has 1 heterocycles. The van der Waals surface area contributed by atoms with Crippen LogP contribution in [0, 0.1) is 11.3 Å². The molecule has 0 unspecified atom stereocenters. The predicted molar refractivity (Wildman–Crippen MR) is 105 cm³/mol. The van der Waals surface area contributed by atoms with Crippen molar-refractivity contribution in [3.05, 3.63) is 32.9 Å². The van der Waals surface area contributed by atoms with Gasteiger partial charge < -0.3 is 14.5 Å². The molecule has 2 rings (SSSR count). The van der Waals surface area contributed by atoms with E-state index in [1.54, 1.807) is 0 Å². The van der Waals surface area contributed by atoms with Gasteiger partial charge in [-0.3, -0.25) is 4.90 Å². The number of hydrogen-bond donors (Lipinski definition) is 1. The number of alkyl halides is 3. The Kier molecular flexibility index (Phi) is 8.43. The third-order valence-electron chi connectivity index (χ3n) is 3.55. The monoisotopic (exact) mass is 470 g/mol. The molecule has 0 saturated heterocycles. The number of nitrogens with zero attached hydrogens (tertiary/aromatic N) is 3. The molecule has 0 fully saturated rings. The zero-order valence-electron chi connectivity index (χ0n) is 15.1. The molecular weight excluding hydrogens is 456 g/mol. The van der Waals surface area contributed by atoms with Gasteiger partial charge in [0.15, 0.2) is 0 Å². The second-order valence-corrected chi connectivity index (χ2v) is 7.17. The number of benzene rings is 1. The Morgan fingerprint density at radius 2 is 2.00 bits per heavy atom. The van der Waals surface area contributed by atoms with Crippen LogP contribution in [-0.4, -0.2) is 56.0 Å². The van der Waals surface area contributed by atoms with Crippen molar-refractivity contribution in [2.45, 2.75) is 6.18 Å². The Labute approximate surface area is 180 Å². The van der Waals surface area contributed by atoms with Crippen molar-refractivity contribution in [1.82, 2.24) is 9.88 Å². The van der Waals surface area contributed by atoms with E-state index in [2.05, 4.69) is 10.3 Å². The van der Waals surface area contributed by atoms with Crippen LogP contribution in [0.15, 0.2) is 16.5 Å². The van der Waals surface area contributed by atoms with Crippen LogP contribution in [0.25, 0.3) is 11.5 Å². The molecule has 2 aromatic rings. The lowest BCUT2D eigenvalue weighted by molar-refractivity contribution is -0.144. The Balaban J connectivity index is 1.89. The molecule has 158 valence electrons. The average molecular weight is 472 g/mol. The Morgan fingerprint density at radius 1 is 1.28 bits per heavy atom. The minimum Gasteiger partial charge on any atom is -0.419 e. The fraction of sp³-hybridized carbons (Fsp3) is 0.412. The Hall–Kier alpha value is -1.70. The highest BCUT2D eigenvalue weighted by Gasteiger charge is 2.28. The molecule has 0 aliphatic heterocycles. The summed E-state index contributed by atoms with van der Waals surface area (Å²) in [4.78, 5) is 5.18. The fourth-order valence-electron chi connectivity index (χ4n) is 2.29. The maximum Gasteiger partial charge on any atom is 0.401 e. The van der Waals surface area contributed by atoms with Crippen molar-refractivity contribution in [3.8, 4) is 17.5 Å². The SMILES string of the molecule is CN(CCOCCNc1oc(-c2cc(Cl)cc(Cl)c2Cl)nc1C#N)CC(F)(F)F. The molecular formula is C17H16Cl3F3N4O2. The number of likely N-dealkylation sites (N-methyl/N-ethyl adjacent to an activating group) is 1. The first-order valence-corrected chi connectivity index (χ1v) is 9.37. The predicted octanol–water partition coefficient (Wildman–Crippen LogP) is 5.10. The third-order valence-corrected chi connectivity index (χ3v) is 4.58. The smallest absolute Gasteiger partial charge is 0.401 e. The van der Waals surface area contributed by atoms with Crippen molar-refractivity contribution in [3.63, 3.8) is 0 Å². The lowest BCUT2D eigenvalue weighted by Crippen LogP contribution is -2.33. The fourth-order valence-corrected chi connectivity index (χ4v) is 2.97. The number of hydrogen-bond acceptors (Lipinski definition) is 6. The zero-order chi connectivity index (χ0) is 21.6. The standard InChI is InChI=1S/C17H16Cl3F3N4O2/c1-27(9-17(21,22)23)3-5-28-4-2-25-16-13(8-24)26-15(29-16)11-6-10(18)7-12(19)14(11)20/h6-7,25H,2-5,9H2,1H3. The van der Waals surface area contributed by atoms with Gasteiger partial charge in [0, 0.05) is 18.1 Å². The van der Waals surface area contributed by atoms with Gasteiger partial charge >= 0.3 is 6.18 Å². The van der Waals surface area contributed by atoms with Crippen LogP contribution in [-0.2, 0) is 4.74 Å². The molecule has 0 amide bonds. The molecule has 0 aliphatic rings. The van der Waals surface area contributed by atoms with Crippen molar-refractivity contribution < 1.29 is 22.3 Å². The first kappa shape index (κ1) is 23.6. The molecule has 6 nitrogen and oxygen atoms in total. The molecule has 1 aromatic carbocycles. The average Bonchev–Trinajstić information content (AvgIpc) is 3.02. The number of ether oxygens (including phenoxy) is 1. The van der Waals surface area contributed by atoms with Gasteiger partial charge in [-0.25, -0.2) is 0 Å². The largest absolute Gasteiger partial charge is 0.419 e. The van der Waals surface area contributed by atoms with E-state index in [-0.39, 0.29) is 53.8 Å². The van der Waals surface area contributed by atoms with Crippen molar-refractivity contribution in [2.75, 3.05) is 45.2 Å². The van der Waals surface area contributed by atoms with E-state index in [1.807, 2.05) is 6.07 Å². The van der Waals surface area contributed by atoms with Gasteiger partial charge in [-0.05, 0) is 19.2 Å². The normalized spacial score (nSPS) is 11.7. The maximum atomic E-state index is 12.2. The number of oxazole rings is 1. The minimum atomic E-state index is -4.25. The molecule has 0 saturated carbocycles. The van der Waals surface area contributed by atoms with Crippen LogP contribution in [0.2, 0.25) is 15.1 Å². The van der Waals surface area contributed by atoms with Crippen LogP contribution in [0.1, 0.15) is 5.69 Å². The highest BCUT2D eigenvalue weighted by atomic mass is 35.5. The van der Waals surface area contributed by atoms with E-state index < -0.39 is 12.7 Å². The molecule has 29 heavy (non-hydrogen) atoms. The van der Waals surface area contributed by atoms with Crippen molar-refractivity contribution in [1.29, 1.82) is 5.26 Å². The second-order valence-electron chi connectivity index (χ2n) is 5.95. The number of aromatic nitrogens is 1. The van der Waals surface area contributed by atoms with Crippen LogP contribution >= 0.6 is 34.8 Å².